The van der Waals surface area contributed by atoms with Gasteiger partial charge in [0, 0.05) is 19.0 Å². The Morgan fingerprint density at radius 1 is 1.77 bits per heavy atom. The average Bonchev–Trinajstić information content (AvgIpc) is 2.49. The van der Waals surface area contributed by atoms with E-state index >= 15 is 0 Å². The van der Waals surface area contributed by atoms with Crippen molar-refractivity contribution in [1.82, 2.24) is 10.5 Å². The zero-order chi connectivity index (χ0) is 9.68. The zero-order valence-electron chi connectivity index (χ0n) is 7.54. The second-order valence-corrected chi connectivity index (χ2v) is 2.75. The summed E-state index contributed by atoms with van der Waals surface area (Å²) in [4.78, 5) is 11.0. The molecule has 5 nitrogen and oxygen atoms in total. The van der Waals surface area contributed by atoms with E-state index in [1.165, 1.54) is 0 Å². The predicted molar refractivity (Wildman–Crippen MR) is 46.8 cm³/mol. The maximum Gasteiger partial charge on any atom is 0.221 e. The molecule has 0 saturated carbocycles. The number of aromatic nitrogens is 1. The molecule has 3 N–H and O–H groups in total. The fraction of sp³-hybridized carbons (Fsp3) is 0.500. The molecule has 0 radical (unpaired) electrons. The highest BCUT2D eigenvalue weighted by Gasteiger charge is 2.02. The first kappa shape index (κ1) is 9.73. The molecule has 1 amide bonds. The van der Waals surface area contributed by atoms with Crippen LogP contribution in [-0.2, 0) is 11.3 Å². The van der Waals surface area contributed by atoms with Gasteiger partial charge in [-0.1, -0.05) is 5.16 Å². The van der Waals surface area contributed by atoms with E-state index in [9.17, 15) is 4.79 Å². The quantitative estimate of drug-likeness (QED) is 0.685. The number of nitrogens with one attached hydrogen (secondary N) is 1. The van der Waals surface area contributed by atoms with Crippen LogP contribution in [-0.4, -0.2) is 17.6 Å². The highest BCUT2D eigenvalue weighted by Crippen LogP contribution is 2.00. The van der Waals surface area contributed by atoms with Gasteiger partial charge in [0.05, 0.1) is 12.2 Å². The van der Waals surface area contributed by atoms with Crippen molar-refractivity contribution in [3.63, 3.8) is 0 Å². The van der Waals surface area contributed by atoms with E-state index in [0.29, 0.717) is 25.3 Å². The van der Waals surface area contributed by atoms with Gasteiger partial charge in [0.15, 0.2) is 5.76 Å². The van der Waals surface area contributed by atoms with Crippen LogP contribution < -0.4 is 11.1 Å². The van der Waals surface area contributed by atoms with Crippen LogP contribution in [0, 0.1) is 6.92 Å². The first-order chi connectivity index (χ1) is 6.22. The van der Waals surface area contributed by atoms with Crippen molar-refractivity contribution in [2.45, 2.75) is 19.9 Å². The Morgan fingerprint density at radius 3 is 3.08 bits per heavy atom. The summed E-state index contributed by atoms with van der Waals surface area (Å²) in [6.07, 6.45) is 0.340. The molecule has 72 valence electrons. The summed E-state index contributed by atoms with van der Waals surface area (Å²) >= 11 is 0. The number of hydrogen-bond acceptors (Lipinski definition) is 4. The Hall–Kier alpha value is -1.36. The Kier molecular flexibility index (Phi) is 3.45. The van der Waals surface area contributed by atoms with Crippen LogP contribution in [0.2, 0.25) is 0 Å². The number of nitrogens with two attached hydrogens (primary N) is 1. The monoisotopic (exact) mass is 183 g/mol. The summed E-state index contributed by atoms with van der Waals surface area (Å²) < 4.78 is 4.90. The summed E-state index contributed by atoms with van der Waals surface area (Å²) in [6, 6.07) is 1.78. The van der Waals surface area contributed by atoms with Gasteiger partial charge >= 0.3 is 0 Å². The molecule has 1 aromatic rings. The molecule has 0 atom stereocenters. The van der Waals surface area contributed by atoms with Crippen molar-refractivity contribution in [1.29, 1.82) is 0 Å². The average molecular weight is 183 g/mol. The molecular weight excluding hydrogens is 170 g/mol. The van der Waals surface area contributed by atoms with Gasteiger partial charge < -0.3 is 15.6 Å². The SMILES string of the molecule is Cc1cc(CNC(=O)CCN)on1. The van der Waals surface area contributed by atoms with Gasteiger partial charge in [-0.2, -0.15) is 0 Å². The summed E-state index contributed by atoms with van der Waals surface area (Å²) in [5, 5.41) is 6.35. The number of rotatable bonds is 4. The van der Waals surface area contributed by atoms with Crippen molar-refractivity contribution in [3.05, 3.63) is 17.5 Å². The Morgan fingerprint density at radius 2 is 2.54 bits per heavy atom. The molecule has 5 heteroatoms. The Balaban J connectivity index is 2.30. The Labute approximate surface area is 76.3 Å². The van der Waals surface area contributed by atoms with Crippen LogP contribution in [0.3, 0.4) is 0 Å². The molecule has 1 aromatic heterocycles. The van der Waals surface area contributed by atoms with Gasteiger partial charge in [-0.25, -0.2) is 0 Å². The summed E-state index contributed by atoms with van der Waals surface area (Å²) in [7, 11) is 0. The zero-order valence-corrected chi connectivity index (χ0v) is 7.54. The second kappa shape index (κ2) is 4.61. The first-order valence-corrected chi connectivity index (χ1v) is 4.11. The lowest BCUT2D eigenvalue weighted by Crippen LogP contribution is -2.24. The van der Waals surface area contributed by atoms with Crippen LogP contribution in [0.15, 0.2) is 10.6 Å². The third-order valence-electron chi connectivity index (χ3n) is 1.51. The Bertz CT molecular complexity index is 283. The number of amides is 1. The molecule has 0 aliphatic rings. The standard InChI is InChI=1S/C8H13N3O2/c1-6-4-7(13-11-6)5-10-8(12)2-3-9/h4H,2-3,5,9H2,1H3,(H,10,12). The molecule has 13 heavy (non-hydrogen) atoms. The van der Waals surface area contributed by atoms with E-state index in [-0.39, 0.29) is 5.91 Å². The van der Waals surface area contributed by atoms with Crippen LogP contribution >= 0.6 is 0 Å². The highest BCUT2D eigenvalue weighted by molar-refractivity contribution is 5.75. The molecule has 0 bridgehead atoms. The van der Waals surface area contributed by atoms with E-state index in [2.05, 4.69) is 10.5 Å². The molecular formula is C8H13N3O2. The van der Waals surface area contributed by atoms with E-state index in [1.54, 1.807) is 6.07 Å². The minimum Gasteiger partial charge on any atom is -0.359 e. The van der Waals surface area contributed by atoms with Crippen LogP contribution in [0.25, 0.3) is 0 Å². The van der Waals surface area contributed by atoms with Gasteiger partial charge in [0.25, 0.3) is 0 Å². The van der Waals surface area contributed by atoms with Crippen molar-refractivity contribution in [2.24, 2.45) is 5.73 Å². The number of hydrogen-bond donors (Lipinski definition) is 2. The third kappa shape index (κ3) is 3.25. The van der Waals surface area contributed by atoms with Crippen LogP contribution in [0.4, 0.5) is 0 Å². The summed E-state index contributed by atoms with van der Waals surface area (Å²) in [5.74, 6) is 0.583. The van der Waals surface area contributed by atoms with Gasteiger partial charge in [0.1, 0.15) is 0 Å². The second-order valence-electron chi connectivity index (χ2n) is 2.75. The number of nitrogens with zero attached hydrogens (tertiary/aromatic N) is 1. The molecule has 0 saturated heterocycles. The van der Waals surface area contributed by atoms with E-state index in [1.807, 2.05) is 6.92 Å². The molecule has 0 fully saturated rings. The number of aryl methyl sites for hydroxylation is 1. The van der Waals surface area contributed by atoms with Crippen LogP contribution in [0.1, 0.15) is 17.9 Å². The van der Waals surface area contributed by atoms with Crippen molar-refractivity contribution in [3.8, 4) is 0 Å². The van der Waals surface area contributed by atoms with Crippen molar-refractivity contribution in [2.75, 3.05) is 6.54 Å². The molecule has 1 rings (SSSR count). The van der Waals surface area contributed by atoms with Crippen molar-refractivity contribution >= 4 is 5.91 Å². The summed E-state index contributed by atoms with van der Waals surface area (Å²) in [5.41, 5.74) is 6.01. The lowest BCUT2D eigenvalue weighted by Gasteiger charge is -1.99. The maximum atomic E-state index is 11.0. The molecule has 0 aromatic carbocycles. The molecule has 1 heterocycles. The van der Waals surface area contributed by atoms with Gasteiger partial charge in [0.2, 0.25) is 5.91 Å². The largest absolute Gasteiger partial charge is 0.359 e. The molecule has 0 aliphatic heterocycles. The number of carbonyl (C=O) groups excluding carboxylic acids is 1. The smallest absolute Gasteiger partial charge is 0.221 e. The third-order valence-corrected chi connectivity index (χ3v) is 1.51. The summed E-state index contributed by atoms with van der Waals surface area (Å²) in [6.45, 7) is 2.57. The van der Waals surface area contributed by atoms with Crippen LogP contribution in [0.5, 0.6) is 0 Å². The highest BCUT2D eigenvalue weighted by atomic mass is 16.5. The van der Waals surface area contributed by atoms with Crippen molar-refractivity contribution < 1.29 is 9.32 Å². The molecule has 0 spiro atoms. The molecule has 0 aliphatic carbocycles. The fourth-order valence-electron chi connectivity index (χ4n) is 0.905. The van der Waals surface area contributed by atoms with Gasteiger partial charge in [-0.15, -0.1) is 0 Å². The lowest BCUT2D eigenvalue weighted by atomic mass is 10.3. The van der Waals surface area contributed by atoms with Gasteiger partial charge in [-0.05, 0) is 6.92 Å². The predicted octanol–water partition coefficient (Wildman–Crippen LogP) is -0.0520. The maximum absolute atomic E-state index is 11.0. The number of carbonyl (C=O) groups is 1. The minimum atomic E-state index is -0.0726. The van der Waals surface area contributed by atoms with E-state index in [4.69, 9.17) is 10.3 Å². The van der Waals surface area contributed by atoms with E-state index < -0.39 is 0 Å². The lowest BCUT2D eigenvalue weighted by molar-refractivity contribution is -0.121. The minimum absolute atomic E-state index is 0.0726. The van der Waals surface area contributed by atoms with Gasteiger partial charge in [-0.3, -0.25) is 4.79 Å². The normalized spacial score (nSPS) is 10.0. The topological polar surface area (TPSA) is 81.2 Å². The fourth-order valence-corrected chi connectivity index (χ4v) is 0.905. The molecule has 0 unspecified atom stereocenters. The first-order valence-electron chi connectivity index (χ1n) is 4.11. The van der Waals surface area contributed by atoms with E-state index in [0.717, 1.165) is 5.69 Å².